The number of rotatable bonds is 4. The standard InChI is InChI=1S/C8H12N4O3/c9-5-3-6(12-4-5)7(13)11-1-2-15-8(10)14/h3-4,12H,1-2,9H2,(H2,10,14)(H,11,13). The number of anilines is 1. The van der Waals surface area contributed by atoms with Crippen molar-refractivity contribution in [3.05, 3.63) is 18.0 Å². The van der Waals surface area contributed by atoms with Gasteiger partial charge in [-0.2, -0.15) is 0 Å². The van der Waals surface area contributed by atoms with Gasteiger partial charge in [-0.25, -0.2) is 4.79 Å². The molecule has 1 aromatic rings. The molecule has 0 atom stereocenters. The van der Waals surface area contributed by atoms with Crippen molar-refractivity contribution in [2.75, 3.05) is 18.9 Å². The van der Waals surface area contributed by atoms with E-state index in [9.17, 15) is 9.59 Å². The second kappa shape index (κ2) is 4.89. The molecule has 0 aliphatic rings. The van der Waals surface area contributed by atoms with Crippen LogP contribution in [0, 0.1) is 0 Å². The highest BCUT2D eigenvalue weighted by molar-refractivity contribution is 5.93. The van der Waals surface area contributed by atoms with Crippen molar-refractivity contribution in [2.45, 2.75) is 0 Å². The van der Waals surface area contributed by atoms with Crippen LogP contribution < -0.4 is 16.8 Å². The van der Waals surface area contributed by atoms with Crippen LogP contribution in [0.3, 0.4) is 0 Å². The Balaban J connectivity index is 2.28. The quantitative estimate of drug-likeness (QED) is 0.498. The number of primary amides is 1. The second-order valence-electron chi connectivity index (χ2n) is 2.77. The Kier molecular flexibility index (Phi) is 3.55. The maximum absolute atomic E-state index is 11.3. The molecule has 0 radical (unpaired) electrons. The first-order valence-electron chi connectivity index (χ1n) is 4.24. The van der Waals surface area contributed by atoms with Crippen molar-refractivity contribution in [2.24, 2.45) is 5.73 Å². The summed E-state index contributed by atoms with van der Waals surface area (Å²) in [5, 5.41) is 2.51. The van der Waals surface area contributed by atoms with Crippen LogP contribution in [0.1, 0.15) is 10.5 Å². The van der Waals surface area contributed by atoms with Gasteiger partial charge < -0.3 is 26.5 Å². The minimum Gasteiger partial charge on any atom is -0.448 e. The van der Waals surface area contributed by atoms with Crippen LogP contribution in [-0.4, -0.2) is 30.1 Å². The van der Waals surface area contributed by atoms with Crippen LogP contribution in [0.15, 0.2) is 12.3 Å². The molecule has 1 rings (SSSR count). The van der Waals surface area contributed by atoms with Crippen LogP contribution in [0.4, 0.5) is 10.5 Å². The van der Waals surface area contributed by atoms with Gasteiger partial charge in [0.15, 0.2) is 0 Å². The van der Waals surface area contributed by atoms with E-state index in [1.807, 2.05) is 0 Å². The summed E-state index contributed by atoms with van der Waals surface area (Å²) in [4.78, 5) is 24.2. The molecule has 7 heteroatoms. The molecule has 0 aliphatic carbocycles. The number of nitrogen functional groups attached to an aromatic ring is 1. The number of H-pyrrole nitrogens is 1. The van der Waals surface area contributed by atoms with Gasteiger partial charge in [-0.05, 0) is 6.07 Å². The van der Waals surface area contributed by atoms with Crippen molar-refractivity contribution in [3.8, 4) is 0 Å². The van der Waals surface area contributed by atoms with Crippen LogP contribution in [-0.2, 0) is 4.74 Å². The summed E-state index contributed by atoms with van der Waals surface area (Å²) < 4.78 is 4.42. The van der Waals surface area contributed by atoms with Crippen molar-refractivity contribution in [3.63, 3.8) is 0 Å². The van der Waals surface area contributed by atoms with Gasteiger partial charge in [0, 0.05) is 11.9 Å². The van der Waals surface area contributed by atoms with Gasteiger partial charge in [-0.1, -0.05) is 0 Å². The van der Waals surface area contributed by atoms with E-state index in [1.54, 1.807) is 0 Å². The molecule has 1 aromatic heterocycles. The normalized spacial score (nSPS) is 9.60. The fourth-order valence-electron chi connectivity index (χ4n) is 0.954. The van der Waals surface area contributed by atoms with Gasteiger partial charge in [0.2, 0.25) is 0 Å². The third-order valence-electron chi connectivity index (χ3n) is 1.58. The number of ether oxygens (including phenoxy) is 1. The van der Waals surface area contributed by atoms with E-state index < -0.39 is 6.09 Å². The van der Waals surface area contributed by atoms with Gasteiger partial charge >= 0.3 is 6.09 Å². The van der Waals surface area contributed by atoms with Crippen molar-refractivity contribution >= 4 is 17.7 Å². The zero-order valence-electron chi connectivity index (χ0n) is 7.95. The van der Waals surface area contributed by atoms with Gasteiger partial charge in [0.05, 0.1) is 6.54 Å². The Bertz CT molecular complexity index is 361. The predicted molar refractivity (Wildman–Crippen MR) is 53.1 cm³/mol. The van der Waals surface area contributed by atoms with E-state index in [2.05, 4.69) is 15.0 Å². The first kappa shape index (κ1) is 10.9. The average Bonchev–Trinajstić information content (AvgIpc) is 2.59. The molecule has 0 aliphatic heterocycles. The summed E-state index contributed by atoms with van der Waals surface area (Å²) in [6.45, 7) is 0.234. The summed E-state index contributed by atoms with van der Waals surface area (Å²) in [5.41, 5.74) is 11.0. The summed E-state index contributed by atoms with van der Waals surface area (Å²) in [7, 11) is 0. The van der Waals surface area contributed by atoms with E-state index in [1.165, 1.54) is 12.3 Å². The topological polar surface area (TPSA) is 123 Å². The third kappa shape index (κ3) is 3.59. The van der Waals surface area contributed by atoms with Crippen LogP contribution in [0.5, 0.6) is 0 Å². The fraction of sp³-hybridized carbons (Fsp3) is 0.250. The Hall–Kier alpha value is -2.18. The molecule has 2 amide bonds. The number of aromatic nitrogens is 1. The van der Waals surface area contributed by atoms with Crippen molar-refractivity contribution in [1.82, 2.24) is 10.3 Å². The number of nitrogens with one attached hydrogen (secondary N) is 2. The minimum absolute atomic E-state index is 0.0390. The lowest BCUT2D eigenvalue weighted by molar-refractivity contribution is 0.0932. The highest BCUT2D eigenvalue weighted by Gasteiger charge is 2.06. The molecule has 0 saturated heterocycles. The number of aromatic amines is 1. The number of hydrogen-bond acceptors (Lipinski definition) is 4. The van der Waals surface area contributed by atoms with Gasteiger partial charge in [0.25, 0.3) is 5.91 Å². The van der Waals surface area contributed by atoms with E-state index >= 15 is 0 Å². The highest BCUT2D eigenvalue weighted by Crippen LogP contribution is 2.03. The third-order valence-corrected chi connectivity index (χ3v) is 1.58. The van der Waals surface area contributed by atoms with Gasteiger partial charge in [-0.3, -0.25) is 4.79 Å². The van der Waals surface area contributed by atoms with E-state index in [4.69, 9.17) is 11.5 Å². The molecule has 0 aromatic carbocycles. The Labute approximate surface area is 85.8 Å². The molecule has 0 saturated carbocycles. The lowest BCUT2D eigenvalue weighted by Crippen LogP contribution is -2.29. The SMILES string of the molecule is NC(=O)OCCNC(=O)c1cc(N)c[nH]1. The molecule has 82 valence electrons. The monoisotopic (exact) mass is 212 g/mol. The Morgan fingerprint density at radius 3 is 2.80 bits per heavy atom. The number of carbonyl (C=O) groups excluding carboxylic acids is 2. The molecule has 0 bridgehead atoms. The minimum atomic E-state index is -0.867. The lowest BCUT2D eigenvalue weighted by atomic mass is 10.4. The van der Waals surface area contributed by atoms with E-state index in [0.717, 1.165) is 0 Å². The molecule has 1 heterocycles. The molecule has 7 nitrogen and oxygen atoms in total. The van der Waals surface area contributed by atoms with Crippen molar-refractivity contribution in [1.29, 1.82) is 0 Å². The number of carbonyl (C=O) groups is 2. The summed E-state index contributed by atoms with van der Waals surface area (Å²) >= 11 is 0. The van der Waals surface area contributed by atoms with E-state index in [-0.39, 0.29) is 19.1 Å². The van der Waals surface area contributed by atoms with Crippen molar-refractivity contribution < 1.29 is 14.3 Å². The zero-order chi connectivity index (χ0) is 11.3. The molecule has 0 unspecified atom stereocenters. The molecule has 0 spiro atoms. The number of hydrogen-bond donors (Lipinski definition) is 4. The summed E-state index contributed by atoms with van der Waals surface area (Å²) in [6, 6.07) is 1.50. The smallest absolute Gasteiger partial charge is 0.404 e. The fourth-order valence-corrected chi connectivity index (χ4v) is 0.954. The maximum Gasteiger partial charge on any atom is 0.404 e. The molecule has 0 fully saturated rings. The maximum atomic E-state index is 11.3. The summed E-state index contributed by atoms with van der Waals surface area (Å²) in [6.07, 6.45) is 0.641. The average molecular weight is 212 g/mol. The molecule has 6 N–H and O–H groups in total. The molecule has 15 heavy (non-hydrogen) atoms. The van der Waals surface area contributed by atoms with Gasteiger partial charge in [0.1, 0.15) is 12.3 Å². The molecular formula is C8H12N4O3. The summed E-state index contributed by atoms with van der Waals surface area (Å²) in [5.74, 6) is -0.320. The second-order valence-corrected chi connectivity index (χ2v) is 2.77. The largest absolute Gasteiger partial charge is 0.448 e. The molecular weight excluding hydrogens is 200 g/mol. The van der Waals surface area contributed by atoms with Crippen LogP contribution in [0.2, 0.25) is 0 Å². The van der Waals surface area contributed by atoms with Gasteiger partial charge in [-0.15, -0.1) is 0 Å². The first-order valence-corrected chi connectivity index (χ1v) is 4.24. The predicted octanol–water partition coefficient (Wildman–Crippen LogP) is -0.578. The number of nitrogens with two attached hydrogens (primary N) is 2. The Morgan fingerprint density at radius 1 is 1.53 bits per heavy atom. The lowest BCUT2D eigenvalue weighted by Gasteiger charge is -2.03. The van der Waals surface area contributed by atoms with E-state index in [0.29, 0.717) is 11.4 Å². The highest BCUT2D eigenvalue weighted by atomic mass is 16.5. The zero-order valence-corrected chi connectivity index (χ0v) is 7.95. The van der Waals surface area contributed by atoms with Crippen LogP contribution >= 0.6 is 0 Å². The Morgan fingerprint density at radius 2 is 2.27 bits per heavy atom. The number of amides is 2. The first-order chi connectivity index (χ1) is 7.09. The van der Waals surface area contributed by atoms with Crippen LogP contribution in [0.25, 0.3) is 0 Å².